The molecule has 33 heavy (non-hydrogen) atoms. The third kappa shape index (κ3) is 4.05. The number of hydrogen-bond acceptors (Lipinski definition) is 4. The van der Waals surface area contributed by atoms with E-state index in [0.29, 0.717) is 55.7 Å². The molecule has 0 radical (unpaired) electrons. The van der Waals surface area contributed by atoms with E-state index < -0.39 is 21.7 Å². The van der Waals surface area contributed by atoms with Crippen LogP contribution in [0.15, 0.2) is 24.3 Å². The second-order valence-electron chi connectivity index (χ2n) is 9.43. The lowest BCUT2D eigenvalue weighted by atomic mass is 9.91. The summed E-state index contributed by atoms with van der Waals surface area (Å²) in [6, 6.07) is 5.81. The van der Waals surface area contributed by atoms with Crippen LogP contribution in [0, 0.1) is 16.6 Å². The highest BCUT2D eigenvalue weighted by Crippen LogP contribution is 2.49. The first kappa shape index (κ1) is 22.4. The molecule has 0 spiro atoms. The molecule has 2 fully saturated rings. The third-order valence-electron chi connectivity index (χ3n) is 7.34. The zero-order valence-corrected chi connectivity index (χ0v) is 19.0. The number of amides is 1. The Morgan fingerprint density at radius 2 is 1.88 bits per heavy atom. The predicted molar refractivity (Wildman–Crippen MR) is 116 cm³/mol. The Kier molecular flexibility index (Phi) is 5.32. The molecule has 2 unspecified atom stereocenters. The molecule has 2 aromatic rings. The monoisotopic (exact) mass is 481 g/mol. The summed E-state index contributed by atoms with van der Waals surface area (Å²) in [7, 11) is -2.88. The number of nitrogens with zero attached hydrogens (tertiary/aromatic N) is 3. The lowest BCUT2D eigenvalue weighted by Crippen LogP contribution is -2.36. The van der Waals surface area contributed by atoms with Crippen molar-refractivity contribution in [2.24, 2.45) is 11.8 Å². The van der Waals surface area contributed by atoms with Crippen LogP contribution >= 0.6 is 0 Å². The molecule has 4 atom stereocenters. The highest BCUT2D eigenvalue weighted by molar-refractivity contribution is 7.89. The van der Waals surface area contributed by atoms with Crippen molar-refractivity contribution < 1.29 is 22.2 Å². The van der Waals surface area contributed by atoms with Crippen LogP contribution < -0.4 is 0 Å². The quantitative estimate of drug-likeness (QED) is 0.701. The van der Waals surface area contributed by atoms with Gasteiger partial charge in [-0.2, -0.15) is 18.3 Å². The second-order valence-corrected chi connectivity index (χ2v) is 11.6. The van der Waals surface area contributed by atoms with E-state index in [1.807, 2.05) is 0 Å². The molecule has 178 valence electrons. The van der Waals surface area contributed by atoms with Crippen molar-refractivity contribution in [3.8, 4) is 0 Å². The van der Waals surface area contributed by atoms with Gasteiger partial charge in [-0.3, -0.25) is 9.89 Å². The number of aromatic amines is 1. The summed E-state index contributed by atoms with van der Waals surface area (Å²) in [6.07, 6.45) is -1.20. The Labute approximate surface area is 190 Å². The highest BCUT2D eigenvalue weighted by atomic mass is 32.2. The van der Waals surface area contributed by atoms with E-state index >= 15 is 0 Å². The topological polar surface area (TPSA) is 93.1 Å². The maximum atomic E-state index is 13.5. The number of nitrogens with one attached hydrogen (secondary N) is 2. The Morgan fingerprint density at radius 1 is 1.21 bits per heavy atom. The molecule has 1 saturated heterocycles. The maximum Gasteiger partial charge on any atom is 0.416 e. The Morgan fingerprint density at radius 3 is 2.52 bits per heavy atom. The van der Waals surface area contributed by atoms with Gasteiger partial charge in [0, 0.05) is 50.1 Å². The third-order valence-corrected chi connectivity index (χ3v) is 8.64. The number of likely N-dealkylation sites (tertiary alicyclic amines) is 1. The second kappa shape index (κ2) is 7.83. The average Bonchev–Trinajstić information content (AvgIpc) is 3.44. The van der Waals surface area contributed by atoms with E-state index in [4.69, 9.17) is 4.78 Å². The van der Waals surface area contributed by atoms with E-state index in [1.54, 1.807) is 21.3 Å². The summed E-state index contributed by atoms with van der Waals surface area (Å²) in [5.41, 5.74) is 1.63. The minimum atomic E-state index is -4.37. The van der Waals surface area contributed by atoms with Crippen molar-refractivity contribution in [3.63, 3.8) is 0 Å². The summed E-state index contributed by atoms with van der Waals surface area (Å²) in [4.78, 5) is 15.0. The Bertz CT molecular complexity index is 1180. The van der Waals surface area contributed by atoms with Gasteiger partial charge in [0.1, 0.15) is 9.92 Å². The van der Waals surface area contributed by atoms with Crippen molar-refractivity contribution in [1.29, 1.82) is 4.78 Å². The fourth-order valence-corrected chi connectivity index (χ4v) is 6.54. The largest absolute Gasteiger partial charge is 0.416 e. The molecule has 0 bridgehead atoms. The van der Waals surface area contributed by atoms with E-state index in [2.05, 4.69) is 10.2 Å². The number of aromatic nitrogens is 2. The van der Waals surface area contributed by atoms with E-state index in [9.17, 15) is 22.2 Å². The van der Waals surface area contributed by atoms with Gasteiger partial charge in [0.05, 0.1) is 5.56 Å². The van der Waals surface area contributed by atoms with E-state index in [-0.39, 0.29) is 30.2 Å². The fourth-order valence-electron chi connectivity index (χ4n) is 5.73. The van der Waals surface area contributed by atoms with Crippen LogP contribution in [-0.2, 0) is 29.1 Å². The van der Waals surface area contributed by atoms with Gasteiger partial charge in [-0.25, -0.2) is 13.3 Å². The number of hydrogen-bond donors (Lipinski definition) is 2. The number of benzene rings is 1. The molecule has 1 aromatic carbocycles. The van der Waals surface area contributed by atoms with Gasteiger partial charge >= 0.3 is 6.18 Å². The van der Waals surface area contributed by atoms with Crippen molar-refractivity contribution >= 4 is 15.8 Å². The zero-order valence-electron chi connectivity index (χ0n) is 18.2. The molecule has 1 aliphatic carbocycles. The van der Waals surface area contributed by atoms with Crippen LogP contribution in [0.5, 0.6) is 0 Å². The Balaban J connectivity index is 1.30. The van der Waals surface area contributed by atoms with Crippen LogP contribution in [0.2, 0.25) is 0 Å². The first-order chi connectivity index (χ1) is 15.5. The van der Waals surface area contributed by atoms with Crippen LogP contribution in [0.3, 0.4) is 0 Å². The molecular formula is C22H26F3N5O2S. The van der Waals surface area contributed by atoms with Crippen molar-refractivity contribution in [2.75, 3.05) is 25.9 Å². The maximum absolute atomic E-state index is 13.5. The molecule has 1 amide bonds. The predicted octanol–water partition coefficient (Wildman–Crippen LogP) is 3.64. The molecule has 2 aliphatic heterocycles. The van der Waals surface area contributed by atoms with Crippen LogP contribution in [-0.4, -0.2) is 55.4 Å². The normalized spacial score (nSPS) is 27.3. The van der Waals surface area contributed by atoms with Gasteiger partial charge in [0.2, 0.25) is 0 Å². The summed E-state index contributed by atoms with van der Waals surface area (Å²) < 4.78 is 62.0. The number of alkyl halides is 3. The molecule has 1 saturated carbocycles. The van der Waals surface area contributed by atoms with Crippen molar-refractivity contribution in [3.05, 3.63) is 52.3 Å². The molecule has 11 heteroatoms. The van der Waals surface area contributed by atoms with E-state index in [0.717, 1.165) is 11.8 Å². The molecule has 2 N–H and O–H groups in total. The minimum Gasteiger partial charge on any atom is -0.337 e. The zero-order chi connectivity index (χ0) is 23.5. The first-order valence-electron chi connectivity index (χ1n) is 11.0. The van der Waals surface area contributed by atoms with Crippen LogP contribution in [0.25, 0.3) is 0 Å². The van der Waals surface area contributed by atoms with Gasteiger partial charge in [0.25, 0.3) is 5.91 Å². The van der Waals surface area contributed by atoms with Gasteiger partial charge in [0.15, 0.2) is 5.69 Å². The summed E-state index contributed by atoms with van der Waals surface area (Å²) in [6.45, 7) is 1.71. The van der Waals surface area contributed by atoms with Gasteiger partial charge in [-0.1, -0.05) is 18.2 Å². The summed E-state index contributed by atoms with van der Waals surface area (Å²) in [5.74, 6) is -0.0386. The van der Waals surface area contributed by atoms with Gasteiger partial charge < -0.3 is 4.90 Å². The lowest BCUT2D eigenvalue weighted by Gasteiger charge is -2.27. The average molecular weight is 482 g/mol. The van der Waals surface area contributed by atoms with Crippen molar-refractivity contribution in [1.82, 2.24) is 19.4 Å². The molecule has 3 heterocycles. The van der Waals surface area contributed by atoms with Crippen molar-refractivity contribution in [2.45, 2.75) is 37.9 Å². The summed E-state index contributed by atoms with van der Waals surface area (Å²) >= 11 is 0. The number of rotatable bonds is 3. The first-order valence-corrected chi connectivity index (χ1v) is 12.9. The minimum absolute atomic E-state index is 0.156. The number of carbonyl (C=O) groups excluding carboxylic acids is 1. The number of halogens is 3. The number of H-pyrrole nitrogens is 1. The molecule has 7 nitrogen and oxygen atoms in total. The number of fused-ring (bicyclic) bond motifs is 2. The standard InChI is InChI=1S/C22H26F3N5O2S/c1-33(26,32)30-7-6-19-17(12-30)20(28-27-19)21(31)29-10-14-8-13(9-15(14)11-29)16-4-2-3-5-18(16)22(23,24)25/h2-5,13-15,26H,6-12H2,1H3,(H,27,28)/t13?,14-,15+,33?. The smallest absolute Gasteiger partial charge is 0.337 e. The highest BCUT2D eigenvalue weighted by Gasteiger charge is 2.45. The molecular weight excluding hydrogens is 455 g/mol. The lowest BCUT2D eigenvalue weighted by molar-refractivity contribution is -0.138. The SMILES string of the molecule is CS(=N)(=O)N1CCc2[nH]nc(C(=O)N3C[C@H]4CC(c5ccccc5C(F)(F)F)C[C@H]4C3)c2C1. The van der Waals surface area contributed by atoms with Crippen LogP contribution in [0.4, 0.5) is 13.2 Å². The molecule has 5 rings (SSSR count). The number of carbonyl (C=O) groups is 1. The molecule has 1 aromatic heterocycles. The van der Waals surface area contributed by atoms with Crippen LogP contribution in [0.1, 0.15) is 51.6 Å². The van der Waals surface area contributed by atoms with Gasteiger partial charge in [-0.05, 0) is 42.2 Å². The fraction of sp³-hybridized carbons (Fsp3) is 0.545. The Hall–Kier alpha value is -2.40. The molecule has 3 aliphatic rings. The summed E-state index contributed by atoms with van der Waals surface area (Å²) in [5, 5.41) is 7.15. The van der Waals surface area contributed by atoms with E-state index in [1.165, 1.54) is 12.3 Å². The van der Waals surface area contributed by atoms with Gasteiger partial charge in [-0.15, -0.1) is 0 Å².